The number of ketones is 1. The molecule has 43 heavy (non-hydrogen) atoms. The lowest BCUT2D eigenvalue weighted by atomic mass is 9.89. The van der Waals surface area contributed by atoms with Crippen molar-refractivity contribution in [3.8, 4) is 51.4 Å². The summed E-state index contributed by atoms with van der Waals surface area (Å²) in [5.41, 5.74) is -0.0570. The quantitative estimate of drug-likeness (QED) is 0.232. The highest BCUT2D eigenvalue weighted by molar-refractivity contribution is 6.20. The van der Waals surface area contributed by atoms with Crippen LogP contribution < -0.4 is 29.1 Å². The van der Waals surface area contributed by atoms with Crippen molar-refractivity contribution in [2.24, 2.45) is 0 Å². The maximum Gasteiger partial charge on any atom is 0.212 e. The molecule has 11 nitrogen and oxygen atoms in total. The van der Waals surface area contributed by atoms with E-state index in [4.69, 9.17) is 28.1 Å². The van der Waals surface area contributed by atoms with Crippen LogP contribution in [0.1, 0.15) is 29.5 Å². The molecule has 11 heteroatoms. The van der Waals surface area contributed by atoms with E-state index in [1.807, 2.05) is 0 Å². The molecule has 1 atom stereocenters. The van der Waals surface area contributed by atoms with Crippen LogP contribution in [0.3, 0.4) is 0 Å². The Morgan fingerprint density at radius 1 is 0.791 bits per heavy atom. The zero-order valence-corrected chi connectivity index (χ0v) is 24.2. The molecule has 2 heterocycles. The fourth-order valence-corrected chi connectivity index (χ4v) is 5.89. The van der Waals surface area contributed by atoms with E-state index in [0.29, 0.717) is 16.5 Å². The Hall–Kier alpha value is -5.16. The Morgan fingerprint density at radius 2 is 1.51 bits per heavy atom. The third-order valence-corrected chi connectivity index (χ3v) is 7.63. The van der Waals surface area contributed by atoms with Gasteiger partial charge in [-0.3, -0.25) is 9.59 Å². The highest BCUT2D eigenvalue weighted by Crippen LogP contribution is 2.55. The number of phenols is 2. The van der Waals surface area contributed by atoms with Crippen LogP contribution in [0.4, 0.5) is 0 Å². The molecular weight excluding hydrogens is 560 g/mol. The van der Waals surface area contributed by atoms with Gasteiger partial charge in [0.15, 0.2) is 16.8 Å². The van der Waals surface area contributed by atoms with Crippen LogP contribution in [0.25, 0.3) is 43.6 Å². The molecule has 1 aliphatic rings. The minimum atomic E-state index is -1.75. The average Bonchev–Trinajstić information content (AvgIpc) is 2.94. The number of phenolic OH excluding ortho intramolecular Hbond substituents is 2. The first-order chi connectivity index (χ1) is 20.4. The lowest BCUT2D eigenvalue weighted by Crippen LogP contribution is -2.38. The molecule has 0 amide bonds. The Bertz CT molecular complexity index is 2070. The number of carbonyl (C=O) groups excluding carboxylic acids is 1. The van der Waals surface area contributed by atoms with Crippen molar-refractivity contribution in [1.29, 1.82) is 0 Å². The molecule has 1 unspecified atom stereocenters. The third-order valence-electron chi connectivity index (χ3n) is 7.63. The predicted octanol–water partition coefficient (Wildman–Crippen LogP) is 5.19. The van der Waals surface area contributed by atoms with Crippen molar-refractivity contribution in [3.63, 3.8) is 0 Å². The lowest BCUT2D eigenvalue weighted by Gasteiger charge is -2.31. The van der Waals surface area contributed by atoms with Crippen LogP contribution in [0, 0.1) is 6.92 Å². The molecular formula is C32H28O11. The summed E-state index contributed by atoms with van der Waals surface area (Å²) in [5.74, 6) is -1.86. The Morgan fingerprint density at radius 3 is 2.16 bits per heavy atom. The van der Waals surface area contributed by atoms with Crippen molar-refractivity contribution < 1.29 is 48.2 Å². The zero-order chi connectivity index (χ0) is 31.0. The first-order valence-electron chi connectivity index (χ1n) is 13.2. The van der Waals surface area contributed by atoms with Gasteiger partial charge >= 0.3 is 0 Å². The second-order valence-corrected chi connectivity index (χ2v) is 10.5. The maximum atomic E-state index is 13.3. The number of ether oxygens (including phenoxy) is 5. The van der Waals surface area contributed by atoms with Crippen LogP contribution in [0.5, 0.6) is 40.2 Å². The molecule has 0 saturated carbocycles. The van der Waals surface area contributed by atoms with Gasteiger partial charge in [-0.2, -0.15) is 0 Å². The van der Waals surface area contributed by atoms with Gasteiger partial charge in [-0.25, -0.2) is 0 Å². The van der Waals surface area contributed by atoms with E-state index in [9.17, 15) is 24.9 Å². The van der Waals surface area contributed by atoms with Gasteiger partial charge in [-0.05, 0) is 30.5 Å². The van der Waals surface area contributed by atoms with E-state index in [1.165, 1.54) is 47.5 Å². The molecule has 0 bridgehead atoms. The van der Waals surface area contributed by atoms with E-state index >= 15 is 0 Å². The maximum absolute atomic E-state index is 13.3. The normalized spacial score (nSPS) is 16.3. The molecule has 0 radical (unpaired) electrons. The number of carbonyl (C=O) groups is 1. The molecule has 222 valence electrons. The smallest absolute Gasteiger partial charge is 0.212 e. The fraction of sp³-hybridized carbons (Fsp3) is 0.250. The molecule has 3 N–H and O–H groups in total. The van der Waals surface area contributed by atoms with Gasteiger partial charge in [0, 0.05) is 30.0 Å². The van der Waals surface area contributed by atoms with Gasteiger partial charge in [0.1, 0.15) is 57.0 Å². The third kappa shape index (κ3) is 4.07. The van der Waals surface area contributed by atoms with Gasteiger partial charge in [0.25, 0.3) is 0 Å². The number of hydrogen-bond donors (Lipinski definition) is 3. The standard InChI is InChI=1S/C32H28O11/c1-13-7-17(33)26-29(36)23-16(10-15(38-3)11-20(23)40-5)24(31(26)42-13)27-19(39-4)8-14-9-21-25(18(34)12-32(2,37)43-21)28(35)22(14)30(27)41-6/h7-11,35-37H,12H2,1-6H3. The highest BCUT2D eigenvalue weighted by Gasteiger charge is 2.38. The number of aliphatic hydroxyl groups is 1. The van der Waals surface area contributed by atoms with Crippen molar-refractivity contribution in [2.45, 2.75) is 26.1 Å². The summed E-state index contributed by atoms with van der Waals surface area (Å²) in [7, 11) is 5.71. The monoisotopic (exact) mass is 588 g/mol. The van der Waals surface area contributed by atoms with Crippen molar-refractivity contribution >= 4 is 38.3 Å². The first kappa shape index (κ1) is 28.0. The molecule has 0 aliphatic carbocycles. The molecule has 4 aromatic carbocycles. The highest BCUT2D eigenvalue weighted by atomic mass is 16.6. The number of hydrogen-bond acceptors (Lipinski definition) is 11. The largest absolute Gasteiger partial charge is 0.506 e. The summed E-state index contributed by atoms with van der Waals surface area (Å²) in [6, 6.07) is 7.58. The van der Waals surface area contributed by atoms with E-state index in [1.54, 1.807) is 25.1 Å². The minimum Gasteiger partial charge on any atom is -0.506 e. The van der Waals surface area contributed by atoms with Gasteiger partial charge in [0.2, 0.25) is 5.79 Å². The number of Topliss-reactive ketones (excluding diaryl/α,β-unsaturated/α-hetero) is 1. The van der Waals surface area contributed by atoms with Crippen LogP contribution in [0.15, 0.2) is 39.5 Å². The minimum absolute atomic E-state index is 0.000247. The van der Waals surface area contributed by atoms with Gasteiger partial charge in [-0.15, -0.1) is 0 Å². The number of fused-ring (bicyclic) bond motifs is 4. The van der Waals surface area contributed by atoms with Crippen LogP contribution in [-0.4, -0.2) is 55.3 Å². The van der Waals surface area contributed by atoms with E-state index in [0.717, 1.165) is 0 Å². The molecule has 0 fully saturated rings. The Balaban J connectivity index is 1.88. The van der Waals surface area contributed by atoms with Gasteiger partial charge in [-0.1, -0.05) is 0 Å². The van der Waals surface area contributed by atoms with Crippen LogP contribution in [-0.2, 0) is 0 Å². The number of benzene rings is 4. The summed E-state index contributed by atoms with van der Waals surface area (Å²) in [4.78, 5) is 26.4. The summed E-state index contributed by atoms with van der Waals surface area (Å²) in [6.07, 6.45) is -0.373. The molecule has 1 aromatic heterocycles. The number of methoxy groups -OCH3 is 4. The van der Waals surface area contributed by atoms with Crippen LogP contribution in [0.2, 0.25) is 0 Å². The average molecular weight is 589 g/mol. The topological polar surface area (TPSA) is 154 Å². The second kappa shape index (κ2) is 9.70. The second-order valence-electron chi connectivity index (χ2n) is 10.5. The van der Waals surface area contributed by atoms with Crippen molar-refractivity contribution in [1.82, 2.24) is 0 Å². The summed E-state index contributed by atoms with van der Waals surface area (Å²) >= 11 is 0. The molecule has 1 aliphatic heterocycles. The van der Waals surface area contributed by atoms with Crippen molar-refractivity contribution in [3.05, 3.63) is 51.9 Å². The van der Waals surface area contributed by atoms with Gasteiger partial charge < -0.3 is 43.4 Å². The summed E-state index contributed by atoms with van der Waals surface area (Å²) in [6.45, 7) is 2.96. The van der Waals surface area contributed by atoms with Gasteiger partial charge in [0.05, 0.1) is 51.2 Å². The SMILES string of the molecule is COc1cc(OC)c2c(O)c3c(=O)cc(C)oc3c(-c3c(OC)cc4cc5c(c(O)c4c3OC)C(=O)CC(C)(O)O5)c2c1. The Labute approximate surface area is 244 Å². The molecule has 0 saturated heterocycles. The molecule has 5 aromatic rings. The number of rotatable bonds is 5. The number of aromatic hydroxyl groups is 2. The summed E-state index contributed by atoms with van der Waals surface area (Å²) in [5, 5.41) is 34.4. The van der Waals surface area contributed by atoms with E-state index < -0.39 is 22.7 Å². The molecule has 6 rings (SSSR count). The lowest BCUT2D eigenvalue weighted by molar-refractivity contribution is -0.123. The fourth-order valence-electron chi connectivity index (χ4n) is 5.89. The zero-order valence-electron chi connectivity index (χ0n) is 24.2. The Kier molecular flexibility index (Phi) is 6.31. The van der Waals surface area contributed by atoms with E-state index in [-0.39, 0.29) is 79.4 Å². The van der Waals surface area contributed by atoms with E-state index in [2.05, 4.69) is 0 Å². The summed E-state index contributed by atoms with van der Waals surface area (Å²) < 4.78 is 34.6. The van der Waals surface area contributed by atoms with Crippen molar-refractivity contribution in [2.75, 3.05) is 28.4 Å². The molecule has 0 spiro atoms. The first-order valence-corrected chi connectivity index (χ1v) is 13.2. The predicted molar refractivity (Wildman–Crippen MR) is 157 cm³/mol. The number of aryl methyl sites for hydroxylation is 1. The van der Waals surface area contributed by atoms with Crippen LogP contribution >= 0.6 is 0 Å².